The van der Waals surface area contributed by atoms with Crippen molar-refractivity contribution in [3.05, 3.63) is 23.8 Å². The number of esters is 1. The van der Waals surface area contributed by atoms with Gasteiger partial charge in [-0.1, -0.05) is 0 Å². The molecule has 29 heavy (non-hydrogen) atoms. The van der Waals surface area contributed by atoms with E-state index in [0.717, 1.165) is 12.1 Å². The summed E-state index contributed by atoms with van der Waals surface area (Å²) in [5, 5.41) is 2.40. The fraction of sp³-hybridized carbons (Fsp3) is 0.556. The highest BCUT2D eigenvalue weighted by Gasteiger charge is 2.69. The molecule has 0 aromatic heterocycles. The van der Waals surface area contributed by atoms with Gasteiger partial charge in [-0.3, -0.25) is 9.59 Å². The fourth-order valence-corrected chi connectivity index (χ4v) is 3.68. The number of morpholine rings is 1. The van der Waals surface area contributed by atoms with Crippen molar-refractivity contribution in [2.75, 3.05) is 43.1 Å². The van der Waals surface area contributed by atoms with Crippen LogP contribution >= 0.6 is 23.2 Å². The minimum atomic E-state index is -4.57. The Morgan fingerprint density at radius 3 is 2.45 bits per heavy atom. The molecule has 160 valence electrons. The predicted molar refractivity (Wildman–Crippen MR) is 101 cm³/mol. The molecule has 2 aliphatic rings. The van der Waals surface area contributed by atoms with Gasteiger partial charge in [0.2, 0.25) is 0 Å². The quantitative estimate of drug-likeness (QED) is 0.543. The summed E-state index contributed by atoms with van der Waals surface area (Å²) in [4.78, 5) is 26.1. The zero-order valence-corrected chi connectivity index (χ0v) is 17.0. The molecule has 0 bridgehead atoms. The molecule has 11 heteroatoms. The first kappa shape index (κ1) is 22.0. The lowest BCUT2D eigenvalue weighted by atomic mass is 10.1. The average molecular weight is 455 g/mol. The van der Waals surface area contributed by atoms with Crippen molar-refractivity contribution in [2.45, 2.75) is 23.9 Å². The number of amides is 1. The number of carbonyl (C=O) groups excluding carboxylic acids is 2. The van der Waals surface area contributed by atoms with Crippen LogP contribution in [0.3, 0.4) is 0 Å². The molecule has 0 unspecified atom stereocenters. The SMILES string of the molecule is C[C@]1(C(=O)OCC(=O)Nc2cc(C(F)(F)F)ccc2N2CCOCC2)CC1(Cl)Cl. The van der Waals surface area contributed by atoms with Gasteiger partial charge in [-0.25, -0.2) is 0 Å². The first-order valence-electron chi connectivity index (χ1n) is 8.83. The van der Waals surface area contributed by atoms with Crippen LogP contribution in [0.15, 0.2) is 18.2 Å². The lowest BCUT2D eigenvalue weighted by Gasteiger charge is -2.31. The number of hydrogen-bond acceptors (Lipinski definition) is 5. The molecule has 1 aromatic rings. The number of nitrogens with one attached hydrogen (secondary N) is 1. The van der Waals surface area contributed by atoms with Crippen LogP contribution in [0.25, 0.3) is 0 Å². The van der Waals surface area contributed by atoms with Crippen molar-refractivity contribution < 1.29 is 32.2 Å². The molecule has 1 heterocycles. The third kappa shape index (κ3) is 4.73. The molecule has 1 N–H and O–H groups in total. The minimum absolute atomic E-state index is 0.0237. The van der Waals surface area contributed by atoms with E-state index in [0.29, 0.717) is 32.0 Å². The Morgan fingerprint density at radius 2 is 1.90 bits per heavy atom. The molecular weight excluding hydrogens is 436 g/mol. The summed E-state index contributed by atoms with van der Waals surface area (Å²) in [6, 6.07) is 3.11. The van der Waals surface area contributed by atoms with Gasteiger partial charge in [-0.2, -0.15) is 13.2 Å². The Bertz CT molecular complexity index is 813. The number of halogens is 5. The Labute approximate surface area is 175 Å². The number of rotatable bonds is 5. The monoisotopic (exact) mass is 454 g/mol. The van der Waals surface area contributed by atoms with Crippen LogP contribution in [-0.4, -0.2) is 49.1 Å². The Hall–Kier alpha value is -1.71. The van der Waals surface area contributed by atoms with Crippen molar-refractivity contribution in [3.63, 3.8) is 0 Å². The van der Waals surface area contributed by atoms with E-state index in [1.807, 2.05) is 4.90 Å². The van der Waals surface area contributed by atoms with E-state index in [9.17, 15) is 22.8 Å². The van der Waals surface area contributed by atoms with E-state index < -0.39 is 40.0 Å². The average Bonchev–Trinajstić information content (AvgIpc) is 3.18. The fourth-order valence-electron chi connectivity index (χ4n) is 2.99. The summed E-state index contributed by atoms with van der Waals surface area (Å²) >= 11 is 11.8. The Morgan fingerprint density at radius 1 is 1.28 bits per heavy atom. The van der Waals surface area contributed by atoms with E-state index in [1.54, 1.807) is 0 Å². The summed E-state index contributed by atoms with van der Waals surface area (Å²) in [5.74, 6) is -1.51. The molecule has 1 atom stereocenters. The van der Waals surface area contributed by atoms with Gasteiger partial charge in [-0.15, -0.1) is 23.2 Å². The number of carbonyl (C=O) groups is 2. The van der Waals surface area contributed by atoms with Crippen LogP contribution in [0, 0.1) is 5.41 Å². The first-order valence-corrected chi connectivity index (χ1v) is 9.58. The van der Waals surface area contributed by atoms with Crippen molar-refractivity contribution in [1.82, 2.24) is 0 Å². The maximum absolute atomic E-state index is 13.1. The standard InChI is InChI=1S/C18H19Cl2F3N2O4/c1-16(10-17(16,19)20)15(27)29-9-14(26)24-12-8-11(18(21,22)23)2-3-13(12)25-4-6-28-7-5-25/h2-3,8H,4-7,9-10H2,1H3,(H,24,26)/t16-/m1/s1. The number of anilines is 2. The summed E-state index contributed by atoms with van der Waals surface area (Å²) in [7, 11) is 0. The molecule has 6 nitrogen and oxygen atoms in total. The van der Waals surface area contributed by atoms with Crippen LogP contribution in [0.4, 0.5) is 24.5 Å². The van der Waals surface area contributed by atoms with Crippen molar-refractivity contribution in [1.29, 1.82) is 0 Å². The van der Waals surface area contributed by atoms with Gasteiger partial charge >= 0.3 is 12.1 Å². The zero-order valence-electron chi connectivity index (χ0n) is 15.4. The lowest BCUT2D eigenvalue weighted by Crippen LogP contribution is -2.37. The van der Waals surface area contributed by atoms with Crippen LogP contribution in [-0.2, 0) is 25.2 Å². The third-order valence-corrected chi connectivity index (χ3v) is 6.09. The molecule has 0 radical (unpaired) electrons. The molecular formula is C18H19Cl2F3N2O4. The van der Waals surface area contributed by atoms with Gasteiger partial charge in [0.25, 0.3) is 5.91 Å². The van der Waals surface area contributed by atoms with E-state index in [-0.39, 0.29) is 12.1 Å². The van der Waals surface area contributed by atoms with Crippen LogP contribution in [0.1, 0.15) is 18.9 Å². The van der Waals surface area contributed by atoms with Crippen LogP contribution in [0.2, 0.25) is 0 Å². The normalized spacial score (nSPS) is 23.4. The van der Waals surface area contributed by atoms with Crippen molar-refractivity contribution in [2.24, 2.45) is 5.41 Å². The summed E-state index contributed by atoms with van der Waals surface area (Å²) in [6.45, 7) is 2.62. The zero-order chi connectivity index (χ0) is 21.4. The first-order chi connectivity index (χ1) is 13.4. The number of ether oxygens (including phenoxy) is 2. The molecule has 1 amide bonds. The second-order valence-corrected chi connectivity index (χ2v) is 8.65. The van der Waals surface area contributed by atoms with Gasteiger partial charge in [0, 0.05) is 19.5 Å². The number of benzene rings is 1. The molecule has 1 aromatic carbocycles. The van der Waals surface area contributed by atoms with Gasteiger partial charge in [-0.05, 0) is 25.1 Å². The van der Waals surface area contributed by atoms with E-state index in [1.165, 1.54) is 13.0 Å². The minimum Gasteiger partial charge on any atom is -0.455 e. The second-order valence-electron chi connectivity index (χ2n) is 7.17. The molecule has 0 spiro atoms. The van der Waals surface area contributed by atoms with E-state index >= 15 is 0 Å². The van der Waals surface area contributed by atoms with Gasteiger partial charge in [0.15, 0.2) is 6.61 Å². The highest BCUT2D eigenvalue weighted by atomic mass is 35.5. The molecule has 1 aliphatic heterocycles. The number of alkyl halides is 5. The van der Waals surface area contributed by atoms with Gasteiger partial charge in [0.05, 0.1) is 30.2 Å². The molecule has 1 saturated heterocycles. The van der Waals surface area contributed by atoms with Gasteiger partial charge in [0.1, 0.15) is 9.75 Å². The Kier molecular flexibility index (Phi) is 5.95. The maximum Gasteiger partial charge on any atom is 0.416 e. The lowest BCUT2D eigenvalue weighted by molar-refractivity contribution is -0.152. The summed E-state index contributed by atoms with van der Waals surface area (Å²) < 4.78 is 48.3. The topological polar surface area (TPSA) is 67.9 Å². The maximum atomic E-state index is 13.1. The molecule has 3 rings (SSSR count). The largest absolute Gasteiger partial charge is 0.455 e. The number of hydrogen-bond donors (Lipinski definition) is 1. The molecule has 2 fully saturated rings. The van der Waals surface area contributed by atoms with Crippen molar-refractivity contribution in [3.8, 4) is 0 Å². The molecule has 1 saturated carbocycles. The highest BCUT2D eigenvalue weighted by Crippen LogP contribution is 2.64. The van der Waals surface area contributed by atoms with E-state index in [4.69, 9.17) is 32.7 Å². The van der Waals surface area contributed by atoms with Crippen LogP contribution in [0.5, 0.6) is 0 Å². The van der Waals surface area contributed by atoms with E-state index in [2.05, 4.69) is 5.32 Å². The summed E-state index contributed by atoms with van der Waals surface area (Å²) in [5.41, 5.74) is -1.60. The predicted octanol–water partition coefficient (Wildman–Crippen LogP) is 3.61. The third-order valence-electron chi connectivity index (χ3n) is 4.99. The smallest absolute Gasteiger partial charge is 0.416 e. The van der Waals surface area contributed by atoms with Gasteiger partial charge < -0.3 is 19.7 Å². The second kappa shape index (κ2) is 7.85. The Balaban J connectivity index is 1.72. The van der Waals surface area contributed by atoms with Crippen LogP contribution < -0.4 is 10.2 Å². The summed E-state index contributed by atoms with van der Waals surface area (Å²) in [6.07, 6.45) is -4.38. The molecule has 1 aliphatic carbocycles. The number of nitrogens with zero attached hydrogens (tertiary/aromatic N) is 1. The highest BCUT2D eigenvalue weighted by molar-refractivity contribution is 6.53. The van der Waals surface area contributed by atoms with Crippen molar-refractivity contribution >= 4 is 46.5 Å².